The van der Waals surface area contributed by atoms with Crippen LogP contribution in [-0.4, -0.2) is 58.1 Å². The van der Waals surface area contributed by atoms with Crippen LogP contribution in [0.3, 0.4) is 0 Å². The van der Waals surface area contributed by atoms with Crippen LogP contribution in [0, 0.1) is 0 Å². The number of nitrogens with one attached hydrogen (secondary N) is 1. The molecular weight excluding hydrogens is 478 g/mol. The van der Waals surface area contributed by atoms with Gasteiger partial charge in [0.15, 0.2) is 0 Å². The minimum Gasteiger partial charge on any atom is -0.497 e. The third-order valence-corrected chi connectivity index (χ3v) is 7.01. The quantitative estimate of drug-likeness (QED) is 0.472. The maximum atomic E-state index is 13.2. The van der Waals surface area contributed by atoms with Crippen molar-refractivity contribution >= 4 is 39.1 Å². The number of halogens is 1. The van der Waals surface area contributed by atoms with E-state index in [1.807, 2.05) is 19.1 Å². The molecule has 186 valence electrons. The Morgan fingerprint density at radius 3 is 2.29 bits per heavy atom. The van der Waals surface area contributed by atoms with E-state index in [2.05, 4.69) is 5.32 Å². The molecule has 0 spiro atoms. The third kappa shape index (κ3) is 7.36. The van der Waals surface area contributed by atoms with Crippen molar-refractivity contribution in [1.82, 2.24) is 10.2 Å². The standard InChI is InChI=1S/C24H32ClN3O5S/c1-5-22(24(30)26-2)27(17-18-9-6-7-10-21(18)25)23(29)11-8-16-28(34(4,31)32)19-12-14-20(33-3)15-13-19/h6-7,9-10,12-15,22H,5,8,11,16-17H2,1-4H3,(H,26,30). The Morgan fingerprint density at radius 1 is 1.12 bits per heavy atom. The molecule has 0 bridgehead atoms. The number of benzene rings is 2. The van der Waals surface area contributed by atoms with E-state index in [9.17, 15) is 18.0 Å². The van der Waals surface area contributed by atoms with Gasteiger partial charge in [0, 0.05) is 31.6 Å². The first-order valence-corrected chi connectivity index (χ1v) is 13.2. The molecule has 1 atom stereocenters. The summed E-state index contributed by atoms with van der Waals surface area (Å²) in [5, 5.41) is 3.12. The highest BCUT2D eigenvalue weighted by atomic mass is 35.5. The van der Waals surface area contributed by atoms with Gasteiger partial charge in [0.25, 0.3) is 0 Å². The molecule has 2 rings (SSSR count). The lowest BCUT2D eigenvalue weighted by molar-refractivity contribution is -0.141. The van der Waals surface area contributed by atoms with Crippen molar-refractivity contribution in [3.63, 3.8) is 0 Å². The fourth-order valence-corrected chi connectivity index (χ4v) is 4.81. The summed E-state index contributed by atoms with van der Waals surface area (Å²) in [4.78, 5) is 27.2. The van der Waals surface area contributed by atoms with E-state index in [4.69, 9.17) is 16.3 Å². The Bertz CT molecular complexity index is 1080. The zero-order chi connectivity index (χ0) is 25.3. The molecule has 0 aliphatic rings. The molecular formula is C24H32ClN3O5S. The topological polar surface area (TPSA) is 96.0 Å². The van der Waals surface area contributed by atoms with Crippen molar-refractivity contribution in [3.8, 4) is 5.75 Å². The monoisotopic (exact) mass is 509 g/mol. The molecule has 2 amide bonds. The van der Waals surface area contributed by atoms with Crippen LogP contribution in [0.25, 0.3) is 0 Å². The van der Waals surface area contributed by atoms with E-state index in [1.165, 1.54) is 23.4 Å². The highest BCUT2D eigenvalue weighted by Gasteiger charge is 2.28. The third-order valence-electron chi connectivity index (χ3n) is 5.44. The molecule has 8 nitrogen and oxygen atoms in total. The number of carbonyl (C=O) groups is 2. The fraction of sp³-hybridized carbons (Fsp3) is 0.417. The summed E-state index contributed by atoms with van der Waals surface area (Å²) in [7, 11) is -0.499. The molecule has 0 saturated carbocycles. The minimum atomic E-state index is -3.56. The number of anilines is 1. The van der Waals surface area contributed by atoms with Crippen molar-refractivity contribution in [2.75, 3.05) is 31.3 Å². The highest BCUT2D eigenvalue weighted by Crippen LogP contribution is 2.23. The van der Waals surface area contributed by atoms with Crippen LogP contribution in [0.2, 0.25) is 5.02 Å². The first kappa shape index (κ1) is 27.5. The van der Waals surface area contributed by atoms with Crippen LogP contribution < -0.4 is 14.4 Å². The zero-order valence-corrected chi connectivity index (χ0v) is 21.5. The van der Waals surface area contributed by atoms with Gasteiger partial charge in [-0.15, -0.1) is 0 Å². The summed E-state index contributed by atoms with van der Waals surface area (Å²) in [6.45, 7) is 2.13. The molecule has 0 radical (unpaired) electrons. The average molecular weight is 510 g/mol. The maximum absolute atomic E-state index is 13.2. The largest absolute Gasteiger partial charge is 0.497 e. The van der Waals surface area contributed by atoms with Crippen molar-refractivity contribution in [1.29, 1.82) is 0 Å². The van der Waals surface area contributed by atoms with Crippen LogP contribution >= 0.6 is 11.6 Å². The second-order valence-electron chi connectivity index (χ2n) is 7.79. The fourth-order valence-electron chi connectivity index (χ4n) is 3.65. The summed E-state index contributed by atoms with van der Waals surface area (Å²) in [5.74, 6) is 0.0971. The molecule has 1 unspecified atom stereocenters. The van der Waals surface area contributed by atoms with Crippen molar-refractivity contribution in [2.24, 2.45) is 0 Å². The highest BCUT2D eigenvalue weighted by molar-refractivity contribution is 7.92. The molecule has 1 N–H and O–H groups in total. The second kappa shape index (κ2) is 12.6. The van der Waals surface area contributed by atoms with Crippen molar-refractivity contribution < 1.29 is 22.7 Å². The number of hydrogen-bond donors (Lipinski definition) is 1. The molecule has 34 heavy (non-hydrogen) atoms. The van der Waals surface area contributed by atoms with Gasteiger partial charge in [-0.2, -0.15) is 0 Å². The smallest absolute Gasteiger partial charge is 0.242 e. The van der Waals surface area contributed by atoms with E-state index in [0.717, 1.165) is 11.8 Å². The SMILES string of the molecule is CCC(C(=O)NC)N(Cc1ccccc1Cl)C(=O)CCCN(c1ccc(OC)cc1)S(C)(=O)=O. The predicted octanol–water partition coefficient (Wildman–Crippen LogP) is 3.45. The first-order chi connectivity index (χ1) is 16.1. The van der Waals surface area contributed by atoms with Gasteiger partial charge in [-0.3, -0.25) is 13.9 Å². The van der Waals surface area contributed by atoms with Crippen LogP contribution in [0.4, 0.5) is 5.69 Å². The van der Waals surface area contributed by atoms with Crippen molar-refractivity contribution in [3.05, 3.63) is 59.1 Å². The summed E-state index contributed by atoms with van der Waals surface area (Å²) in [6.07, 6.45) is 1.90. The summed E-state index contributed by atoms with van der Waals surface area (Å²) in [6, 6.07) is 13.2. The van der Waals surface area contributed by atoms with Gasteiger partial charge in [-0.1, -0.05) is 36.7 Å². The van der Waals surface area contributed by atoms with E-state index < -0.39 is 16.1 Å². The van der Waals surface area contributed by atoms with Gasteiger partial charge in [0.05, 0.1) is 19.1 Å². The Morgan fingerprint density at radius 2 is 1.76 bits per heavy atom. The van der Waals surface area contributed by atoms with Gasteiger partial charge < -0.3 is 15.0 Å². The lowest BCUT2D eigenvalue weighted by Gasteiger charge is -2.31. The number of likely N-dealkylation sites (N-methyl/N-ethyl adjacent to an activating group) is 1. The Balaban J connectivity index is 2.19. The molecule has 2 aromatic carbocycles. The average Bonchev–Trinajstić information content (AvgIpc) is 2.81. The van der Waals surface area contributed by atoms with E-state index >= 15 is 0 Å². The molecule has 0 aliphatic carbocycles. The van der Waals surface area contributed by atoms with Gasteiger partial charge in [-0.25, -0.2) is 8.42 Å². The van der Waals surface area contributed by atoms with Gasteiger partial charge in [-0.05, 0) is 48.7 Å². The summed E-state index contributed by atoms with van der Waals surface area (Å²) in [5.41, 5.74) is 1.22. The van der Waals surface area contributed by atoms with E-state index in [1.54, 1.807) is 36.4 Å². The van der Waals surface area contributed by atoms with Crippen LogP contribution in [-0.2, 0) is 26.2 Å². The van der Waals surface area contributed by atoms with Crippen molar-refractivity contribution in [2.45, 2.75) is 38.8 Å². The summed E-state index contributed by atoms with van der Waals surface area (Å²) < 4.78 is 31.2. The van der Waals surface area contributed by atoms with Crippen LogP contribution in [0.15, 0.2) is 48.5 Å². The molecule has 0 heterocycles. The Labute approximate surface area is 206 Å². The van der Waals surface area contributed by atoms with Gasteiger partial charge in [0.2, 0.25) is 21.8 Å². The number of amides is 2. The molecule has 10 heteroatoms. The number of hydrogen-bond acceptors (Lipinski definition) is 5. The van der Waals surface area contributed by atoms with E-state index in [-0.39, 0.29) is 37.7 Å². The number of sulfonamides is 1. The van der Waals surface area contributed by atoms with Gasteiger partial charge in [0.1, 0.15) is 11.8 Å². The lowest BCUT2D eigenvalue weighted by Crippen LogP contribution is -2.48. The number of nitrogens with zero attached hydrogens (tertiary/aromatic N) is 2. The Hall–Kier alpha value is -2.78. The molecule has 2 aromatic rings. The molecule has 0 aromatic heterocycles. The zero-order valence-electron chi connectivity index (χ0n) is 20.0. The number of ether oxygens (including phenoxy) is 1. The summed E-state index contributed by atoms with van der Waals surface area (Å²) >= 11 is 6.30. The van der Waals surface area contributed by atoms with Crippen LogP contribution in [0.5, 0.6) is 5.75 Å². The molecule has 0 saturated heterocycles. The first-order valence-electron chi connectivity index (χ1n) is 11.0. The minimum absolute atomic E-state index is 0.0696. The lowest BCUT2D eigenvalue weighted by atomic mass is 10.1. The van der Waals surface area contributed by atoms with E-state index in [0.29, 0.717) is 22.9 Å². The normalized spacial score (nSPS) is 12.0. The maximum Gasteiger partial charge on any atom is 0.242 e. The Kier molecular flexibility index (Phi) is 10.2. The number of carbonyl (C=O) groups excluding carboxylic acids is 2. The second-order valence-corrected chi connectivity index (χ2v) is 10.1. The molecule has 0 fully saturated rings. The molecule has 0 aliphatic heterocycles. The van der Waals surface area contributed by atoms with Gasteiger partial charge >= 0.3 is 0 Å². The van der Waals surface area contributed by atoms with Crippen LogP contribution in [0.1, 0.15) is 31.7 Å². The number of rotatable bonds is 12. The number of methoxy groups -OCH3 is 1. The predicted molar refractivity (Wildman–Crippen MR) is 135 cm³/mol.